The normalized spacial score (nSPS) is 15.6. The molecule has 5 heteroatoms. The van der Waals surface area contributed by atoms with E-state index in [0.717, 1.165) is 38.2 Å². The minimum Gasteiger partial charge on any atom is -0.493 e. The Morgan fingerprint density at radius 2 is 2.12 bits per heavy atom. The van der Waals surface area contributed by atoms with Crippen LogP contribution < -0.4 is 4.74 Å². The van der Waals surface area contributed by atoms with Gasteiger partial charge >= 0.3 is 0 Å². The van der Waals surface area contributed by atoms with Gasteiger partial charge in [-0.2, -0.15) is 0 Å². The molecule has 134 valence electrons. The van der Waals surface area contributed by atoms with Gasteiger partial charge in [-0.05, 0) is 42.9 Å². The molecule has 5 nitrogen and oxygen atoms in total. The fraction of sp³-hybridized carbons (Fsp3) is 0.500. The van der Waals surface area contributed by atoms with Gasteiger partial charge in [-0.25, -0.2) is 4.98 Å². The second kappa shape index (κ2) is 8.19. The lowest BCUT2D eigenvalue weighted by Gasteiger charge is -2.32. The van der Waals surface area contributed by atoms with Gasteiger partial charge in [-0.15, -0.1) is 0 Å². The van der Waals surface area contributed by atoms with E-state index in [1.165, 1.54) is 0 Å². The molecule has 0 unspecified atom stereocenters. The van der Waals surface area contributed by atoms with E-state index in [2.05, 4.69) is 23.4 Å². The largest absolute Gasteiger partial charge is 0.493 e. The Bertz CT molecular complexity index is 674. The van der Waals surface area contributed by atoms with Gasteiger partial charge in [0.1, 0.15) is 5.75 Å². The van der Waals surface area contributed by atoms with Crippen LogP contribution in [0.5, 0.6) is 5.75 Å². The van der Waals surface area contributed by atoms with Crippen LogP contribution in [0.25, 0.3) is 0 Å². The van der Waals surface area contributed by atoms with Crippen molar-refractivity contribution in [1.82, 2.24) is 14.5 Å². The van der Waals surface area contributed by atoms with Crippen molar-refractivity contribution in [3.8, 4) is 5.75 Å². The van der Waals surface area contributed by atoms with Crippen molar-refractivity contribution in [2.24, 2.45) is 11.8 Å². The van der Waals surface area contributed by atoms with Gasteiger partial charge in [0.25, 0.3) is 5.91 Å². The zero-order valence-electron chi connectivity index (χ0n) is 15.1. The minimum absolute atomic E-state index is 0.107. The molecule has 0 saturated carbocycles. The maximum absolute atomic E-state index is 12.8. The predicted molar refractivity (Wildman–Crippen MR) is 97.6 cm³/mol. The summed E-state index contributed by atoms with van der Waals surface area (Å²) in [7, 11) is 0. The lowest BCUT2D eigenvalue weighted by molar-refractivity contribution is 0.0682. The molecule has 2 aromatic rings. The number of aromatic nitrogens is 2. The second-order valence-electron chi connectivity index (χ2n) is 7.23. The summed E-state index contributed by atoms with van der Waals surface area (Å²) in [4.78, 5) is 18.8. The van der Waals surface area contributed by atoms with Crippen LogP contribution in [0.15, 0.2) is 43.0 Å². The molecule has 1 saturated heterocycles. The first-order valence-corrected chi connectivity index (χ1v) is 9.09. The minimum atomic E-state index is 0.107. The van der Waals surface area contributed by atoms with Gasteiger partial charge in [-0.1, -0.05) is 19.9 Å². The first-order chi connectivity index (χ1) is 12.1. The van der Waals surface area contributed by atoms with Crippen molar-refractivity contribution in [2.75, 3.05) is 19.7 Å². The van der Waals surface area contributed by atoms with E-state index in [4.69, 9.17) is 4.74 Å². The molecule has 1 aliphatic heterocycles. The number of carbonyl (C=O) groups excluding carboxylic acids is 1. The highest BCUT2D eigenvalue weighted by Crippen LogP contribution is 2.22. The average molecular weight is 341 g/mol. The number of rotatable bonds is 6. The number of benzene rings is 1. The van der Waals surface area contributed by atoms with E-state index < -0.39 is 0 Å². The Morgan fingerprint density at radius 1 is 1.32 bits per heavy atom. The number of nitrogens with zero attached hydrogens (tertiary/aromatic N) is 3. The highest BCUT2D eigenvalue weighted by molar-refractivity contribution is 5.94. The van der Waals surface area contributed by atoms with Gasteiger partial charge in [-0.3, -0.25) is 4.79 Å². The Balaban J connectivity index is 1.54. The summed E-state index contributed by atoms with van der Waals surface area (Å²) in [5.74, 6) is 1.96. The van der Waals surface area contributed by atoms with E-state index >= 15 is 0 Å². The molecule has 0 aliphatic carbocycles. The summed E-state index contributed by atoms with van der Waals surface area (Å²) in [5, 5.41) is 0. The third-order valence-corrected chi connectivity index (χ3v) is 4.59. The van der Waals surface area contributed by atoms with Gasteiger partial charge < -0.3 is 14.2 Å². The molecule has 1 aromatic carbocycles. The Hall–Kier alpha value is -2.30. The molecule has 2 heterocycles. The predicted octanol–water partition coefficient (Wildman–Crippen LogP) is 3.47. The van der Waals surface area contributed by atoms with Gasteiger partial charge in [0.05, 0.1) is 12.9 Å². The molecule has 1 aliphatic rings. The summed E-state index contributed by atoms with van der Waals surface area (Å²) < 4.78 is 7.86. The molecule has 1 fully saturated rings. The fourth-order valence-corrected chi connectivity index (χ4v) is 3.18. The Labute approximate surface area is 149 Å². The van der Waals surface area contributed by atoms with E-state index in [1.54, 1.807) is 0 Å². The zero-order chi connectivity index (χ0) is 17.6. The molecular weight excluding hydrogens is 314 g/mol. The highest BCUT2D eigenvalue weighted by atomic mass is 16.5. The van der Waals surface area contributed by atoms with Crippen molar-refractivity contribution in [3.63, 3.8) is 0 Å². The Morgan fingerprint density at radius 3 is 2.80 bits per heavy atom. The van der Waals surface area contributed by atoms with Crippen LogP contribution in [0.3, 0.4) is 0 Å². The van der Waals surface area contributed by atoms with Crippen LogP contribution in [0.4, 0.5) is 0 Å². The van der Waals surface area contributed by atoms with Crippen LogP contribution >= 0.6 is 0 Å². The molecular formula is C20H27N3O2. The number of carbonyl (C=O) groups is 1. The van der Waals surface area contributed by atoms with Crippen molar-refractivity contribution < 1.29 is 9.53 Å². The zero-order valence-corrected chi connectivity index (χ0v) is 15.1. The second-order valence-corrected chi connectivity index (χ2v) is 7.23. The van der Waals surface area contributed by atoms with Crippen molar-refractivity contribution >= 4 is 5.91 Å². The van der Waals surface area contributed by atoms with E-state index in [1.807, 2.05) is 47.9 Å². The molecule has 0 radical (unpaired) electrons. The first kappa shape index (κ1) is 17.5. The lowest BCUT2D eigenvalue weighted by Crippen LogP contribution is -2.39. The summed E-state index contributed by atoms with van der Waals surface area (Å²) in [6.07, 6.45) is 7.74. The van der Waals surface area contributed by atoms with Crippen molar-refractivity contribution in [3.05, 3.63) is 48.5 Å². The smallest absolute Gasteiger partial charge is 0.253 e. The SMILES string of the molecule is CC(C)COc1cccc(C(=O)N2CCC(Cn3ccnc3)CC2)c1. The van der Waals surface area contributed by atoms with Gasteiger partial charge in [0.15, 0.2) is 0 Å². The van der Waals surface area contributed by atoms with Gasteiger partial charge in [0, 0.05) is 37.6 Å². The maximum Gasteiger partial charge on any atom is 0.253 e. The molecule has 0 atom stereocenters. The highest BCUT2D eigenvalue weighted by Gasteiger charge is 2.24. The third-order valence-electron chi connectivity index (χ3n) is 4.59. The number of imidazole rings is 1. The molecule has 1 aromatic heterocycles. The monoisotopic (exact) mass is 341 g/mol. The third kappa shape index (κ3) is 4.84. The number of likely N-dealkylation sites (tertiary alicyclic amines) is 1. The van der Waals surface area contributed by atoms with Crippen LogP contribution in [0.1, 0.15) is 37.0 Å². The van der Waals surface area contributed by atoms with E-state index in [-0.39, 0.29) is 5.91 Å². The van der Waals surface area contributed by atoms with Crippen molar-refractivity contribution in [2.45, 2.75) is 33.2 Å². The maximum atomic E-state index is 12.8. The molecule has 25 heavy (non-hydrogen) atoms. The average Bonchev–Trinajstić information content (AvgIpc) is 3.13. The number of piperidine rings is 1. The molecule has 0 N–H and O–H groups in total. The number of hydrogen-bond acceptors (Lipinski definition) is 3. The van der Waals surface area contributed by atoms with Crippen LogP contribution in [0.2, 0.25) is 0 Å². The fourth-order valence-electron chi connectivity index (χ4n) is 3.18. The molecule has 0 spiro atoms. The van der Waals surface area contributed by atoms with Crippen LogP contribution in [-0.2, 0) is 6.54 Å². The molecule has 0 bridgehead atoms. The Kier molecular flexibility index (Phi) is 5.74. The molecule has 1 amide bonds. The number of amides is 1. The molecule has 3 rings (SSSR count). The van der Waals surface area contributed by atoms with E-state index in [9.17, 15) is 4.79 Å². The summed E-state index contributed by atoms with van der Waals surface area (Å²) in [6.45, 7) is 7.51. The van der Waals surface area contributed by atoms with Crippen LogP contribution in [0, 0.1) is 11.8 Å². The topological polar surface area (TPSA) is 47.4 Å². The summed E-state index contributed by atoms with van der Waals surface area (Å²) in [5.41, 5.74) is 0.717. The quantitative estimate of drug-likeness (QED) is 0.808. The van der Waals surface area contributed by atoms with Crippen molar-refractivity contribution in [1.29, 1.82) is 0 Å². The lowest BCUT2D eigenvalue weighted by atomic mass is 9.96. The number of ether oxygens (including phenoxy) is 1. The first-order valence-electron chi connectivity index (χ1n) is 9.09. The summed E-state index contributed by atoms with van der Waals surface area (Å²) in [6, 6.07) is 7.55. The van der Waals surface area contributed by atoms with E-state index in [0.29, 0.717) is 24.0 Å². The van der Waals surface area contributed by atoms with Crippen LogP contribution in [-0.4, -0.2) is 40.1 Å². The number of hydrogen-bond donors (Lipinski definition) is 0. The standard InChI is InChI=1S/C20H27N3O2/c1-16(2)14-25-19-5-3-4-18(12-19)20(24)23-9-6-17(7-10-23)13-22-11-8-21-15-22/h3-5,8,11-12,15-17H,6-7,9-10,13-14H2,1-2H3. The van der Waals surface area contributed by atoms with Gasteiger partial charge in [0.2, 0.25) is 0 Å². The summed E-state index contributed by atoms with van der Waals surface area (Å²) >= 11 is 0.